The van der Waals surface area contributed by atoms with E-state index in [1.165, 1.54) is 11.8 Å². The number of methoxy groups -OCH3 is 1. The predicted molar refractivity (Wildman–Crippen MR) is 70.0 cm³/mol. The highest BCUT2D eigenvalue weighted by Gasteiger charge is 2.29. The van der Waals surface area contributed by atoms with E-state index in [9.17, 15) is 4.79 Å². The molecule has 0 aromatic heterocycles. The molecule has 0 radical (unpaired) electrons. The topological polar surface area (TPSA) is 46.5 Å². The molecule has 0 spiro atoms. The van der Waals surface area contributed by atoms with Crippen LogP contribution in [0.3, 0.4) is 0 Å². The lowest BCUT2D eigenvalue weighted by atomic mass is 10.1. The Morgan fingerprint density at radius 3 is 2.29 bits per heavy atom. The normalized spacial score (nSPS) is 11.4. The van der Waals surface area contributed by atoms with Crippen molar-refractivity contribution in [2.45, 2.75) is 37.3 Å². The van der Waals surface area contributed by atoms with Gasteiger partial charge in [0.05, 0.1) is 12.0 Å². The van der Waals surface area contributed by atoms with E-state index in [0.717, 1.165) is 21.8 Å². The Balaban J connectivity index is 3.14. The number of hydrogen-bond acceptors (Lipinski definition) is 3. The molecule has 0 amide bonds. The summed E-state index contributed by atoms with van der Waals surface area (Å²) in [5, 5.41) is 9.13. The van der Waals surface area contributed by atoms with Crippen molar-refractivity contribution in [3.8, 4) is 5.75 Å². The van der Waals surface area contributed by atoms with Crippen LogP contribution in [0.15, 0.2) is 17.0 Å². The van der Waals surface area contributed by atoms with Gasteiger partial charge >= 0.3 is 5.97 Å². The van der Waals surface area contributed by atoms with Crippen LogP contribution < -0.4 is 4.74 Å². The van der Waals surface area contributed by atoms with Crippen LogP contribution in [0.2, 0.25) is 0 Å². The molecule has 3 nitrogen and oxygen atoms in total. The van der Waals surface area contributed by atoms with E-state index in [4.69, 9.17) is 9.84 Å². The number of hydrogen-bond donors (Lipinski definition) is 1. The van der Waals surface area contributed by atoms with Gasteiger partial charge in [-0.1, -0.05) is 0 Å². The van der Waals surface area contributed by atoms with E-state index in [0.29, 0.717) is 0 Å². The fourth-order valence-electron chi connectivity index (χ4n) is 1.32. The van der Waals surface area contributed by atoms with Crippen molar-refractivity contribution in [3.63, 3.8) is 0 Å². The Morgan fingerprint density at radius 2 is 1.82 bits per heavy atom. The molecular formula is C13H18O3S. The average molecular weight is 254 g/mol. The number of carboxylic acids is 1. The van der Waals surface area contributed by atoms with Gasteiger partial charge in [-0.2, -0.15) is 0 Å². The molecule has 1 aromatic rings. The molecule has 0 aliphatic heterocycles. The molecule has 0 atom stereocenters. The summed E-state index contributed by atoms with van der Waals surface area (Å²) >= 11 is 1.30. The SMILES string of the molecule is COc1cc(C)c(C)cc1SC(C)(C)C(=O)O. The summed E-state index contributed by atoms with van der Waals surface area (Å²) in [7, 11) is 1.60. The van der Waals surface area contributed by atoms with Crippen molar-refractivity contribution in [3.05, 3.63) is 23.3 Å². The molecule has 4 heteroatoms. The lowest BCUT2D eigenvalue weighted by molar-refractivity contribution is -0.138. The Hall–Kier alpha value is -1.16. The first kappa shape index (κ1) is 13.9. The standard InChI is InChI=1S/C13H18O3S/c1-8-6-10(16-5)11(7-9(8)2)17-13(3,4)12(14)15/h6-7H,1-5H3,(H,14,15). The third-order valence-corrected chi connectivity index (χ3v) is 3.88. The van der Waals surface area contributed by atoms with Gasteiger partial charge in [0.1, 0.15) is 10.5 Å². The molecule has 0 aliphatic carbocycles. The lowest BCUT2D eigenvalue weighted by Crippen LogP contribution is -2.27. The van der Waals surface area contributed by atoms with Gasteiger partial charge in [0.2, 0.25) is 0 Å². The van der Waals surface area contributed by atoms with Gasteiger partial charge in [-0.25, -0.2) is 0 Å². The zero-order valence-corrected chi connectivity index (χ0v) is 11.6. The maximum atomic E-state index is 11.1. The molecule has 0 bridgehead atoms. The zero-order valence-electron chi connectivity index (χ0n) is 10.8. The van der Waals surface area contributed by atoms with Crippen molar-refractivity contribution in [1.29, 1.82) is 0 Å². The number of ether oxygens (including phenoxy) is 1. The van der Waals surface area contributed by atoms with Gasteiger partial charge in [0, 0.05) is 0 Å². The zero-order chi connectivity index (χ0) is 13.2. The van der Waals surface area contributed by atoms with E-state index in [1.54, 1.807) is 21.0 Å². The molecule has 1 aromatic carbocycles. The molecule has 0 saturated carbocycles. The molecule has 1 N–H and O–H groups in total. The number of thioether (sulfide) groups is 1. The Bertz CT molecular complexity index is 439. The number of aryl methyl sites for hydroxylation is 2. The largest absolute Gasteiger partial charge is 0.496 e. The summed E-state index contributed by atoms with van der Waals surface area (Å²) in [5.41, 5.74) is 2.27. The van der Waals surface area contributed by atoms with Gasteiger partial charge in [-0.05, 0) is 51.0 Å². The van der Waals surface area contributed by atoms with Crippen LogP contribution >= 0.6 is 11.8 Å². The maximum Gasteiger partial charge on any atom is 0.319 e. The average Bonchev–Trinajstić information content (AvgIpc) is 2.22. The van der Waals surface area contributed by atoms with Crippen molar-refractivity contribution in [1.82, 2.24) is 0 Å². The van der Waals surface area contributed by atoms with Crippen LogP contribution in [-0.2, 0) is 4.79 Å². The Kier molecular flexibility index (Phi) is 4.09. The number of benzene rings is 1. The first-order chi connectivity index (χ1) is 7.77. The van der Waals surface area contributed by atoms with Gasteiger partial charge in [-0.15, -0.1) is 11.8 Å². The molecule has 0 fully saturated rings. The summed E-state index contributed by atoms with van der Waals surface area (Å²) in [6.45, 7) is 7.39. The lowest BCUT2D eigenvalue weighted by Gasteiger charge is -2.20. The molecule has 0 heterocycles. The van der Waals surface area contributed by atoms with E-state index in [1.807, 2.05) is 26.0 Å². The second-order valence-electron chi connectivity index (χ2n) is 4.50. The second kappa shape index (κ2) is 5.00. The first-order valence-corrected chi connectivity index (χ1v) is 6.17. The van der Waals surface area contributed by atoms with E-state index in [-0.39, 0.29) is 0 Å². The molecule has 0 saturated heterocycles. The van der Waals surface area contributed by atoms with Crippen LogP contribution in [0.1, 0.15) is 25.0 Å². The highest BCUT2D eigenvalue weighted by Crippen LogP contribution is 2.39. The third-order valence-electron chi connectivity index (χ3n) is 2.66. The fourth-order valence-corrected chi connectivity index (χ4v) is 2.44. The highest BCUT2D eigenvalue weighted by atomic mass is 32.2. The van der Waals surface area contributed by atoms with Crippen LogP contribution in [0, 0.1) is 13.8 Å². The van der Waals surface area contributed by atoms with Crippen LogP contribution in [0.4, 0.5) is 0 Å². The van der Waals surface area contributed by atoms with E-state index < -0.39 is 10.7 Å². The molecule has 1 rings (SSSR count). The van der Waals surface area contributed by atoms with Crippen LogP contribution in [0.5, 0.6) is 5.75 Å². The van der Waals surface area contributed by atoms with E-state index in [2.05, 4.69) is 0 Å². The maximum absolute atomic E-state index is 11.1. The van der Waals surface area contributed by atoms with Gasteiger partial charge in [0.25, 0.3) is 0 Å². The fraction of sp³-hybridized carbons (Fsp3) is 0.462. The van der Waals surface area contributed by atoms with Crippen molar-refractivity contribution >= 4 is 17.7 Å². The monoisotopic (exact) mass is 254 g/mol. The minimum atomic E-state index is -0.866. The van der Waals surface area contributed by atoms with Gasteiger partial charge in [0.15, 0.2) is 0 Å². The number of carboxylic acid groups (broad SMARTS) is 1. The Labute approximate surface area is 106 Å². The number of carbonyl (C=O) groups is 1. The molecule has 94 valence electrons. The summed E-state index contributed by atoms with van der Waals surface area (Å²) in [6.07, 6.45) is 0. The van der Waals surface area contributed by atoms with Gasteiger partial charge in [-0.3, -0.25) is 4.79 Å². The third kappa shape index (κ3) is 3.16. The second-order valence-corrected chi connectivity index (χ2v) is 6.17. The minimum Gasteiger partial charge on any atom is -0.496 e. The van der Waals surface area contributed by atoms with Crippen molar-refractivity contribution in [2.24, 2.45) is 0 Å². The van der Waals surface area contributed by atoms with E-state index >= 15 is 0 Å². The summed E-state index contributed by atoms with van der Waals surface area (Å²) in [4.78, 5) is 12.0. The number of aliphatic carboxylic acids is 1. The van der Waals surface area contributed by atoms with Crippen molar-refractivity contribution in [2.75, 3.05) is 7.11 Å². The van der Waals surface area contributed by atoms with Crippen LogP contribution in [-0.4, -0.2) is 22.9 Å². The summed E-state index contributed by atoms with van der Waals surface area (Å²) in [5.74, 6) is -0.102. The Morgan fingerprint density at radius 1 is 1.29 bits per heavy atom. The first-order valence-electron chi connectivity index (χ1n) is 5.35. The molecule has 0 aliphatic rings. The quantitative estimate of drug-likeness (QED) is 0.838. The molecule has 0 unspecified atom stereocenters. The molecular weight excluding hydrogens is 236 g/mol. The van der Waals surface area contributed by atoms with Crippen molar-refractivity contribution < 1.29 is 14.6 Å². The predicted octanol–water partition coefficient (Wildman–Crippen LogP) is 3.27. The van der Waals surface area contributed by atoms with Gasteiger partial charge < -0.3 is 9.84 Å². The molecule has 17 heavy (non-hydrogen) atoms. The summed E-state index contributed by atoms with van der Waals surface area (Å²) < 4.78 is 4.43. The summed E-state index contributed by atoms with van der Waals surface area (Å²) in [6, 6.07) is 3.92. The number of rotatable bonds is 4. The van der Waals surface area contributed by atoms with Crippen LogP contribution in [0.25, 0.3) is 0 Å². The highest BCUT2D eigenvalue weighted by molar-refractivity contribution is 8.01. The smallest absolute Gasteiger partial charge is 0.319 e. The minimum absolute atomic E-state index is 0.729.